The second kappa shape index (κ2) is 4.87. The fraction of sp³-hybridized carbons (Fsp3) is 0.100. The van der Waals surface area contributed by atoms with Gasteiger partial charge in [0.1, 0.15) is 10.7 Å². The summed E-state index contributed by atoms with van der Waals surface area (Å²) in [5.41, 5.74) is 0. The largest absolute Gasteiger partial charge is 0.268 e. The van der Waals surface area contributed by atoms with Crippen LogP contribution in [-0.2, 0) is 10.0 Å². The van der Waals surface area contributed by atoms with E-state index in [1.165, 1.54) is 13.2 Å². The first-order chi connectivity index (χ1) is 8.51. The van der Waals surface area contributed by atoms with Crippen LogP contribution in [-0.4, -0.2) is 30.4 Å². The molecule has 0 saturated carbocycles. The van der Waals surface area contributed by atoms with E-state index in [0.717, 1.165) is 16.7 Å². The number of sulfonamides is 1. The van der Waals surface area contributed by atoms with Crippen molar-refractivity contribution in [1.29, 1.82) is 0 Å². The van der Waals surface area contributed by atoms with Crippen LogP contribution in [0.25, 0.3) is 0 Å². The topological polar surface area (TPSA) is 76.1 Å². The van der Waals surface area contributed by atoms with Crippen LogP contribution in [0.4, 0.5) is 5.82 Å². The second-order valence-corrected chi connectivity index (χ2v) is 5.66. The quantitative estimate of drug-likeness (QED) is 0.795. The lowest BCUT2D eigenvalue weighted by Crippen LogP contribution is -2.27. The molecule has 0 aliphatic heterocycles. The van der Waals surface area contributed by atoms with Gasteiger partial charge in [-0.25, -0.2) is 23.4 Å². The van der Waals surface area contributed by atoms with Gasteiger partial charge in [-0.1, -0.05) is 6.07 Å². The molecule has 2 aromatic rings. The van der Waals surface area contributed by atoms with Gasteiger partial charge in [0.05, 0.1) is 12.4 Å². The van der Waals surface area contributed by atoms with E-state index in [1.807, 2.05) is 0 Å². The summed E-state index contributed by atoms with van der Waals surface area (Å²) in [6.07, 6.45) is 3.83. The highest BCUT2D eigenvalue weighted by Gasteiger charge is 2.22. The van der Waals surface area contributed by atoms with E-state index >= 15 is 0 Å². The van der Waals surface area contributed by atoms with Gasteiger partial charge >= 0.3 is 0 Å². The zero-order valence-corrected chi connectivity index (χ0v) is 10.9. The molecule has 0 spiro atoms. The highest BCUT2D eigenvalue weighted by molar-refractivity contribution is 7.92. The highest BCUT2D eigenvalue weighted by atomic mass is 35.5. The number of rotatable bonds is 3. The lowest BCUT2D eigenvalue weighted by molar-refractivity contribution is 0.593. The van der Waals surface area contributed by atoms with Crippen molar-refractivity contribution in [3.63, 3.8) is 0 Å². The van der Waals surface area contributed by atoms with Crippen LogP contribution in [0, 0.1) is 0 Å². The maximum absolute atomic E-state index is 12.2. The molecule has 2 rings (SSSR count). The van der Waals surface area contributed by atoms with E-state index in [4.69, 9.17) is 11.6 Å². The van der Waals surface area contributed by atoms with Crippen molar-refractivity contribution in [1.82, 2.24) is 15.0 Å². The Morgan fingerprint density at radius 3 is 2.39 bits per heavy atom. The molecule has 0 bridgehead atoms. The maximum Gasteiger partial charge on any atom is 0.268 e. The zero-order chi connectivity index (χ0) is 13.2. The summed E-state index contributed by atoms with van der Waals surface area (Å²) in [5, 5.41) is -0.00515. The van der Waals surface area contributed by atoms with Crippen LogP contribution < -0.4 is 4.31 Å². The van der Waals surface area contributed by atoms with Crippen LogP contribution in [0.1, 0.15) is 0 Å². The Kier molecular flexibility index (Phi) is 3.44. The molecular formula is C10H9ClN4O2S. The Bertz CT molecular complexity index is 631. The fourth-order valence-corrected chi connectivity index (χ4v) is 2.39. The van der Waals surface area contributed by atoms with E-state index in [2.05, 4.69) is 15.0 Å². The molecule has 0 aliphatic carbocycles. The molecule has 2 heterocycles. The lowest BCUT2D eigenvalue weighted by Gasteiger charge is -2.17. The second-order valence-electron chi connectivity index (χ2n) is 3.35. The third kappa shape index (κ3) is 2.41. The molecule has 0 saturated heterocycles. The van der Waals surface area contributed by atoms with Crippen LogP contribution in [0.3, 0.4) is 0 Å². The summed E-state index contributed by atoms with van der Waals surface area (Å²) in [7, 11) is -2.31. The normalized spacial score (nSPS) is 11.2. The smallest absolute Gasteiger partial charge is 0.253 e. The predicted molar refractivity (Wildman–Crippen MR) is 66.9 cm³/mol. The van der Waals surface area contributed by atoms with Crippen molar-refractivity contribution in [3.8, 4) is 0 Å². The van der Waals surface area contributed by atoms with Crippen molar-refractivity contribution in [3.05, 3.63) is 42.1 Å². The number of pyridine rings is 1. The van der Waals surface area contributed by atoms with Gasteiger partial charge < -0.3 is 0 Å². The van der Waals surface area contributed by atoms with Crippen LogP contribution >= 0.6 is 11.6 Å². The minimum atomic E-state index is -3.72. The van der Waals surface area contributed by atoms with E-state index in [-0.39, 0.29) is 10.2 Å². The maximum atomic E-state index is 12.2. The number of hydrogen-bond acceptors (Lipinski definition) is 5. The molecule has 18 heavy (non-hydrogen) atoms. The summed E-state index contributed by atoms with van der Waals surface area (Å²) < 4.78 is 25.5. The van der Waals surface area contributed by atoms with Gasteiger partial charge in [0, 0.05) is 13.2 Å². The molecule has 94 valence electrons. The Morgan fingerprint density at radius 1 is 1.17 bits per heavy atom. The standard InChI is InChI=1S/C10H9ClN4O2S/c1-15(9-4-2-3-5-12-9)18(16,17)8-6-13-10(11)14-7-8/h2-7H,1H3. The first-order valence-corrected chi connectivity index (χ1v) is 6.71. The van der Waals surface area contributed by atoms with Crippen LogP contribution in [0.15, 0.2) is 41.7 Å². The zero-order valence-electron chi connectivity index (χ0n) is 9.36. The summed E-state index contributed by atoms with van der Waals surface area (Å²) in [5.74, 6) is 0.312. The Balaban J connectivity index is 2.40. The van der Waals surface area contributed by atoms with Gasteiger partial charge in [-0.3, -0.25) is 4.31 Å². The number of aromatic nitrogens is 3. The van der Waals surface area contributed by atoms with E-state index < -0.39 is 10.0 Å². The van der Waals surface area contributed by atoms with E-state index in [9.17, 15) is 8.42 Å². The van der Waals surface area contributed by atoms with Crippen LogP contribution in [0.2, 0.25) is 5.28 Å². The molecule has 8 heteroatoms. The highest BCUT2D eigenvalue weighted by Crippen LogP contribution is 2.18. The Morgan fingerprint density at radius 2 is 1.83 bits per heavy atom. The van der Waals surface area contributed by atoms with Gasteiger partial charge in [0.2, 0.25) is 5.28 Å². The minimum Gasteiger partial charge on any atom is -0.253 e. The Labute approximate surface area is 109 Å². The van der Waals surface area contributed by atoms with E-state index in [1.54, 1.807) is 18.2 Å². The summed E-state index contributed by atoms with van der Waals surface area (Å²) >= 11 is 5.52. The Hall–Kier alpha value is -1.73. The monoisotopic (exact) mass is 284 g/mol. The van der Waals surface area contributed by atoms with Gasteiger partial charge in [0.15, 0.2) is 0 Å². The van der Waals surface area contributed by atoms with Crippen LogP contribution in [0.5, 0.6) is 0 Å². The molecule has 0 atom stereocenters. The van der Waals surface area contributed by atoms with Crippen molar-refractivity contribution in [2.75, 3.05) is 11.4 Å². The average molecular weight is 285 g/mol. The SMILES string of the molecule is CN(c1ccccn1)S(=O)(=O)c1cnc(Cl)nc1. The summed E-state index contributed by atoms with van der Waals surface area (Å²) in [6.45, 7) is 0. The minimum absolute atomic E-state index is 0.00515. The number of hydrogen-bond donors (Lipinski definition) is 0. The summed E-state index contributed by atoms with van der Waals surface area (Å²) in [4.78, 5) is 11.2. The molecule has 0 N–H and O–H groups in total. The van der Waals surface area contributed by atoms with Gasteiger partial charge in [0.25, 0.3) is 10.0 Å². The fourth-order valence-electron chi connectivity index (χ4n) is 1.25. The molecule has 0 unspecified atom stereocenters. The van der Waals surface area contributed by atoms with Gasteiger partial charge in [-0.05, 0) is 23.7 Å². The van der Waals surface area contributed by atoms with E-state index in [0.29, 0.717) is 5.82 Å². The number of anilines is 1. The molecule has 0 amide bonds. The lowest BCUT2D eigenvalue weighted by atomic mass is 10.5. The number of halogens is 1. The molecule has 0 aliphatic rings. The van der Waals surface area contributed by atoms with Gasteiger partial charge in [-0.15, -0.1) is 0 Å². The predicted octanol–water partition coefficient (Wildman–Crippen LogP) is 1.35. The molecular weight excluding hydrogens is 276 g/mol. The van der Waals surface area contributed by atoms with Crippen molar-refractivity contribution in [2.24, 2.45) is 0 Å². The van der Waals surface area contributed by atoms with Crippen molar-refractivity contribution < 1.29 is 8.42 Å². The summed E-state index contributed by atoms with van der Waals surface area (Å²) in [6, 6.07) is 5.00. The molecule has 2 aromatic heterocycles. The molecule has 0 radical (unpaired) electrons. The van der Waals surface area contributed by atoms with Gasteiger partial charge in [-0.2, -0.15) is 0 Å². The van der Waals surface area contributed by atoms with Crippen molar-refractivity contribution >= 4 is 27.4 Å². The molecule has 6 nitrogen and oxygen atoms in total. The first-order valence-electron chi connectivity index (χ1n) is 4.89. The molecule has 0 aromatic carbocycles. The first kappa shape index (κ1) is 12.7. The third-order valence-corrected chi connectivity index (χ3v) is 4.14. The number of nitrogens with zero attached hydrogens (tertiary/aromatic N) is 4. The third-order valence-electron chi connectivity index (χ3n) is 2.23. The van der Waals surface area contributed by atoms with Crippen molar-refractivity contribution in [2.45, 2.75) is 4.90 Å². The average Bonchev–Trinajstić information content (AvgIpc) is 2.39. The molecule has 0 fully saturated rings.